The number of nitrogens with two attached hydrogens (primary N) is 1. The summed E-state index contributed by atoms with van der Waals surface area (Å²) in [5.41, 5.74) is 6.04. The van der Waals surface area contributed by atoms with Crippen LogP contribution in [0.3, 0.4) is 0 Å². The molecule has 0 spiro atoms. The van der Waals surface area contributed by atoms with Crippen molar-refractivity contribution in [1.29, 1.82) is 0 Å². The number of nitrogen functional groups attached to an aromatic ring is 1. The monoisotopic (exact) mass is 552 g/mol. The van der Waals surface area contributed by atoms with E-state index in [9.17, 15) is 23.9 Å². The van der Waals surface area contributed by atoms with Crippen molar-refractivity contribution in [1.82, 2.24) is 15.2 Å². The fourth-order valence-electron chi connectivity index (χ4n) is 3.64. The highest BCUT2D eigenvalue weighted by atomic mass is 32.2. The fourth-order valence-corrected chi connectivity index (χ4v) is 6.56. The lowest BCUT2D eigenvalue weighted by atomic mass is 10.0. The highest BCUT2D eigenvalue weighted by Gasteiger charge is 2.53. The van der Waals surface area contributed by atoms with Crippen molar-refractivity contribution in [2.24, 2.45) is 5.16 Å². The molecule has 11 nitrogen and oxygen atoms in total. The van der Waals surface area contributed by atoms with Crippen LogP contribution in [0.2, 0.25) is 0 Å². The van der Waals surface area contributed by atoms with Crippen molar-refractivity contribution in [3.05, 3.63) is 46.9 Å². The number of aliphatic carboxylic acids is 1. The van der Waals surface area contributed by atoms with Gasteiger partial charge in [0.1, 0.15) is 30.9 Å². The highest BCUT2D eigenvalue weighted by molar-refractivity contribution is 8.01. The zero-order valence-corrected chi connectivity index (χ0v) is 21.3. The molecule has 0 unspecified atom stereocenters. The Morgan fingerprint density at radius 3 is 2.81 bits per heavy atom. The number of carboxylic acid groups (broad SMARTS) is 1. The second-order valence-electron chi connectivity index (χ2n) is 7.54. The molecule has 0 bridgehead atoms. The number of amides is 2. The summed E-state index contributed by atoms with van der Waals surface area (Å²) in [7, 11) is 1.27. The van der Waals surface area contributed by atoms with E-state index in [1.54, 1.807) is 17.0 Å². The number of aromatic nitrogens is 2. The number of halogens is 1. The average Bonchev–Trinajstić information content (AvgIpc) is 3.30. The van der Waals surface area contributed by atoms with Gasteiger partial charge < -0.3 is 25.8 Å². The fraction of sp³-hybridized carbons (Fsp3) is 0.333. The van der Waals surface area contributed by atoms with E-state index in [4.69, 9.17) is 10.6 Å². The molecule has 2 aromatic rings. The number of rotatable bonds is 10. The number of oxime groups is 1. The van der Waals surface area contributed by atoms with Crippen LogP contribution in [-0.4, -0.2) is 70.1 Å². The summed E-state index contributed by atoms with van der Waals surface area (Å²) >= 11 is 3.86. The number of alkyl halides is 1. The number of nitrogens with one attached hydrogen (secondary N) is 1. The molecule has 2 aliphatic rings. The molecule has 1 saturated heterocycles. The molecule has 2 atom stereocenters. The quantitative estimate of drug-likeness (QED) is 0.131. The first-order valence-electron chi connectivity index (χ1n) is 10.5. The summed E-state index contributed by atoms with van der Waals surface area (Å²) < 4.78 is 14.2. The number of carbonyl (C=O) groups excluding carboxylic acids is 3. The molecule has 2 amide bonds. The minimum atomic E-state index is -1.46. The minimum Gasteiger partial charge on any atom is -0.543 e. The number of β-lactam (4-membered cyclic amide) rings is 1. The van der Waals surface area contributed by atoms with Gasteiger partial charge in [-0.1, -0.05) is 5.16 Å². The van der Waals surface area contributed by atoms with Crippen LogP contribution in [0.15, 0.2) is 51.2 Å². The molecule has 1 fully saturated rings. The van der Waals surface area contributed by atoms with Gasteiger partial charge in [-0.05, 0) is 5.57 Å². The number of nitrogens with zero attached hydrogens (tertiary/aromatic N) is 4. The Morgan fingerprint density at radius 1 is 1.44 bits per heavy atom. The maximum absolute atomic E-state index is 12.9. The number of aryl methyl sites for hydroxylation is 1. The van der Waals surface area contributed by atoms with E-state index in [0.717, 1.165) is 21.1 Å². The summed E-state index contributed by atoms with van der Waals surface area (Å²) in [6.45, 7) is -0.211. The maximum atomic E-state index is 12.9. The van der Waals surface area contributed by atoms with Crippen LogP contribution in [0.4, 0.5) is 9.52 Å². The molecule has 2 aromatic heterocycles. The maximum Gasteiger partial charge on any atom is 0.276 e. The first-order chi connectivity index (χ1) is 17.3. The van der Waals surface area contributed by atoms with Crippen LogP contribution >= 0.6 is 34.9 Å². The molecule has 0 saturated carbocycles. The molecule has 190 valence electrons. The van der Waals surface area contributed by atoms with Crippen molar-refractivity contribution in [2.45, 2.75) is 22.9 Å². The van der Waals surface area contributed by atoms with Gasteiger partial charge in [-0.2, -0.15) is 0 Å². The van der Waals surface area contributed by atoms with E-state index in [1.807, 2.05) is 12.1 Å². The van der Waals surface area contributed by atoms with E-state index < -0.39 is 35.9 Å². The van der Waals surface area contributed by atoms with Gasteiger partial charge >= 0.3 is 0 Å². The Balaban J connectivity index is 1.45. The number of carboxylic acids is 1. The number of carbonyl (C=O) groups is 3. The molecule has 15 heteroatoms. The third kappa shape index (κ3) is 5.32. The number of hydrogen-bond donors (Lipinski definition) is 2. The standard InChI is InChI=1S/C21H21FN6O5S3/c1-33-26-14(13-10-36-21(23)24-13)17(29)25-15-18(30)28-16(20(31)32)11(9-35-19(15)28)8-34-12-2-5-27(6-3-12)7-4-22/h2-3,5-6,10,15,19H,4,7-9H2,1H3,(H3-,23,24,25,29,31,32)/b26-14-/t15-,19-/m1/s1. The minimum absolute atomic E-state index is 0.152. The number of pyridine rings is 1. The molecule has 0 radical (unpaired) electrons. The Labute approximate surface area is 217 Å². The molecule has 4 heterocycles. The van der Waals surface area contributed by atoms with E-state index >= 15 is 0 Å². The number of thiazole rings is 1. The smallest absolute Gasteiger partial charge is 0.276 e. The Kier molecular flexibility index (Phi) is 8.11. The summed E-state index contributed by atoms with van der Waals surface area (Å²) in [4.78, 5) is 48.5. The van der Waals surface area contributed by atoms with Crippen LogP contribution in [0, 0.1) is 0 Å². The van der Waals surface area contributed by atoms with Gasteiger partial charge in [-0.15, -0.1) is 34.9 Å². The van der Waals surface area contributed by atoms with Gasteiger partial charge in [0, 0.05) is 33.9 Å². The molecule has 36 heavy (non-hydrogen) atoms. The van der Waals surface area contributed by atoms with Gasteiger partial charge in [0.05, 0.1) is 11.7 Å². The Morgan fingerprint density at radius 2 is 2.19 bits per heavy atom. The van der Waals surface area contributed by atoms with Gasteiger partial charge in [-0.25, -0.2) is 13.9 Å². The van der Waals surface area contributed by atoms with Crippen molar-refractivity contribution in [2.75, 3.05) is 31.0 Å². The Hall–Kier alpha value is -3.17. The van der Waals surface area contributed by atoms with E-state index in [2.05, 4.69) is 15.5 Å². The lowest BCUT2D eigenvalue weighted by Crippen LogP contribution is -2.71. The number of anilines is 1. The summed E-state index contributed by atoms with van der Waals surface area (Å²) in [5.74, 6) is -2.05. The van der Waals surface area contributed by atoms with Gasteiger partial charge in [0.25, 0.3) is 11.8 Å². The van der Waals surface area contributed by atoms with Crippen LogP contribution in [0.1, 0.15) is 5.69 Å². The Bertz CT molecular complexity index is 1230. The predicted molar refractivity (Wildman–Crippen MR) is 130 cm³/mol. The lowest BCUT2D eigenvalue weighted by molar-refractivity contribution is -0.697. The number of fused-ring (bicyclic) bond motifs is 1. The summed E-state index contributed by atoms with van der Waals surface area (Å²) in [5, 5.41) is 19.4. The molecule has 4 rings (SSSR count). The van der Waals surface area contributed by atoms with E-state index in [0.29, 0.717) is 17.1 Å². The number of hydrogen-bond acceptors (Lipinski definition) is 11. The largest absolute Gasteiger partial charge is 0.543 e. The van der Waals surface area contributed by atoms with Crippen molar-refractivity contribution in [3.63, 3.8) is 0 Å². The lowest BCUT2D eigenvalue weighted by Gasteiger charge is -2.50. The first-order valence-corrected chi connectivity index (χ1v) is 13.4. The van der Waals surface area contributed by atoms with Crippen molar-refractivity contribution < 1.29 is 33.3 Å². The summed E-state index contributed by atoms with van der Waals surface area (Å²) in [6, 6.07) is 2.67. The second kappa shape index (κ2) is 11.3. The van der Waals surface area contributed by atoms with Crippen LogP contribution < -0.4 is 20.7 Å². The normalized spacial score (nSPS) is 19.6. The molecule has 0 aliphatic carbocycles. The average molecular weight is 553 g/mol. The molecule has 3 N–H and O–H groups in total. The highest BCUT2D eigenvalue weighted by Crippen LogP contribution is 2.41. The first kappa shape index (κ1) is 25.9. The third-order valence-corrected chi connectivity index (χ3v) is 8.42. The number of thioether (sulfide) groups is 2. The second-order valence-corrected chi connectivity index (χ2v) is 10.6. The van der Waals surface area contributed by atoms with Crippen LogP contribution in [-0.2, 0) is 25.8 Å². The van der Waals surface area contributed by atoms with Gasteiger partial charge in [0.15, 0.2) is 29.8 Å². The topological polar surface area (TPSA) is 154 Å². The molecular formula is C21H21FN6O5S3. The van der Waals surface area contributed by atoms with Crippen molar-refractivity contribution >= 4 is 63.5 Å². The SMILES string of the molecule is CO/N=C(\C(=O)N[C@@H]1C(=O)N2C(C(=O)[O-])=C(CSc3cc[n+](CCF)cc3)CS[C@H]12)c1csc(N)n1. The van der Waals surface area contributed by atoms with E-state index in [-0.39, 0.29) is 28.8 Å². The summed E-state index contributed by atoms with van der Waals surface area (Å²) in [6.07, 6.45) is 3.49. The molecular weight excluding hydrogens is 531 g/mol. The van der Waals surface area contributed by atoms with Crippen molar-refractivity contribution in [3.8, 4) is 0 Å². The zero-order chi connectivity index (χ0) is 25.8. The third-order valence-electron chi connectivity index (χ3n) is 5.31. The van der Waals surface area contributed by atoms with Crippen LogP contribution in [0.25, 0.3) is 0 Å². The van der Waals surface area contributed by atoms with Gasteiger partial charge in [0.2, 0.25) is 0 Å². The zero-order valence-electron chi connectivity index (χ0n) is 18.9. The van der Waals surface area contributed by atoms with E-state index in [1.165, 1.54) is 36.0 Å². The molecule has 0 aromatic carbocycles. The van der Waals surface area contributed by atoms with Crippen LogP contribution in [0.5, 0.6) is 0 Å². The predicted octanol–water partition coefficient (Wildman–Crippen LogP) is -0.471. The van der Waals surface area contributed by atoms with Gasteiger partial charge in [-0.3, -0.25) is 14.5 Å². The molecule has 2 aliphatic heterocycles.